The molecule has 0 aliphatic carbocycles. The van der Waals surface area contributed by atoms with Gasteiger partial charge < -0.3 is 9.38 Å². The third-order valence-corrected chi connectivity index (χ3v) is 13.8. The molecule has 0 spiro atoms. The van der Waals surface area contributed by atoms with Crippen molar-refractivity contribution < 1.29 is 0 Å². The zero-order valence-electron chi connectivity index (χ0n) is 38.1. The molecule has 308 valence electrons. The van der Waals surface area contributed by atoms with Gasteiger partial charge in [0.15, 0.2) is 0 Å². The number of anilines is 3. The van der Waals surface area contributed by atoms with Gasteiger partial charge >= 0.3 is 6.85 Å². The lowest BCUT2D eigenvalue weighted by atomic mass is 9.44. The van der Waals surface area contributed by atoms with Crippen LogP contribution in [-0.4, -0.2) is 11.3 Å². The van der Waals surface area contributed by atoms with Crippen LogP contribution < -0.4 is 15.8 Å². The summed E-state index contributed by atoms with van der Waals surface area (Å²) in [5, 5.41) is 3.82. The number of benzene rings is 8. The Labute approximate surface area is 374 Å². The van der Waals surface area contributed by atoms with Gasteiger partial charge in [-0.15, -0.1) is 0 Å². The first kappa shape index (κ1) is 39.3. The molecule has 2 nitrogen and oxygen atoms in total. The van der Waals surface area contributed by atoms with E-state index < -0.39 is 0 Å². The Morgan fingerprint density at radius 2 is 0.937 bits per heavy atom. The van der Waals surface area contributed by atoms with Crippen LogP contribution in [0.2, 0.25) is 0 Å². The van der Waals surface area contributed by atoms with Crippen LogP contribution in [0.4, 0.5) is 17.1 Å². The zero-order chi connectivity index (χ0) is 43.6. The van der Waals surface area contributed by atoms with Crippen molar-refractivity contribution in [2.45, 2.75) is 78.6 Å². The molecule has 3 heterocycles. The number of nitrogens with zero attached hydrogens (tertiary/aromatic N) is 2. The monoisotopic (exact) mass is 814 g/mol. The second-order valence-corrected chi connectivity index (χ2v) is 21.0. The molecular weight excluding hydrogens is 759 g/mol. The predicted molar refractivity (Wildman–Crippen MR) is 272 cm³/mol. The summed E-state index contributed by atoms with van der Waals surface area (Å²) < 4.78 is 2.76. The van der Waals surface area contributed by atoms with Crippen molar-refractivity contribution in [2.24, 2.45) is 0 Å². The summed E-state index contributed by atoms with van der Waals surface area (Å²) in [6.45, 7) is 21.0. The molecular formula is C60H55BN2. The van der Waals surface area contributed by atoms with Crippen LogP contribution in [-0.2, 0) is 16.2 Å². The van der Waals surface area contributed by atoms with E-state index in [1.54, 1.807) is 0 Å². The fourth-order valence-corrected chi connectivity index (χ4v) is 10.5. The van der Waals surface area contributed by atoms with Crippen molar-refractivity contribution in [1.29, 1.82) is 0 Å². The summed E-state index contributed by atoms with van der Waals surface area (Å²) in [5.41, 5.74) is 21.6. The SMILES string of the molecule is CC(C)(C)c1ccc(N2c3cc(C(C)(C)C)cc4c3B(c3cc(-c5ccccc5)c5ccccc5c32)n2c(-c3ccccc3)c(-c3ccccc3)c3cc(C(C)(C)C)cc-4c32)cc1. The largest absolute Gasteiger partial charge is 0.375 e. The lowest BCUT2D eigenvalue weighted by Crippen LogP contribution is -2.57. The van der Waals surface area contributed by atoms with Gasteiger partial charge in [-0.3, -0.25) is 0 Å². The summed E-state index contributed by atoms with van der Waals surface area (Å²) >= 11 is 0. The van der Waals surface area contributed by atoms with Crippen LogP contribution in [0.3, 0.4) is 0 Å². The van der Waals surface area contributed by atoms with Crippen LogP contribution in [0.5, 0.6) is 0 Å². The average Bonchev–Trinajstić information content (AvgIpc) is 3.62. The Morgan fingerprint density at radius 3 is 1.54 bits per heavy atom. The van der Waals surface area contributed by atoms with E-state index in [1.165, 1.54) is 111 Å². The standard InChI is InChI=1S/C60H55BN2/c1-58(2,3)41-29-31-44(32-30-41)62-52-36-43(60(7,8)9)33-48-49-34-42(59(4,5)6)35-50-53(39-23-15-11-16-24-39)55(40-25-17-12-18-26-40)63(56(49)50)61(54(48)52)51-37-47(38-21-13-10-14-22-38)45-27-19-20-28-46(45)57(51)62/h10-37H,1-9H3. The third-order valence-electron chi connectivity index (χ3n) is 13.8. The lowest BCUT2D eigenvalue weighted by Gasteiger charge is -2.43. The van der Waals surface area contributed by atoms with E-state index in [0.717, 1.165) is 0 Å². The Kier molecular flexibility index (Phi) is 8.71. The second kappa shape index (κ2) is 14.0. The first-order valence-electron chi connectivity index (χ1n) is 22.7. The number of aromatic nitrogens is 1. The Balaban J connectivity index is 1.38. The van der Waals surface area contributed by atoms with E-state index in [-0.39, 0.29) is 23.1 Å². The van der Waals surface area contributed by atoms with Gasteiger partial charge in [-0.1, -0.05) is 202 Å². The minimum atomic E-state index is -0.126. The third kappa shape index (κ3) is 6.15. The highest BCUT2D eigenvalue weighted by molar-refractivity contribution is 6.90. The first-order valence-corrected chi connectivity index (χ1v) is 22.7. The van der Waals surface area contributed by atoms with Crippen LogP contribution in [0, 0.1) is 0 Å². The van der Waals surface area contributed by atoms with E-state index in [2.05, 4.69) is 242 Å². The first-order chi connectivity index (χ1) is 30.2. The highest BCUT2D eigenvalue weighted by Crippen LogP contribution is 2.52. The molecule has 1 aromatic heterocycles. The molecule has 2 aliphatic heterocycles. The molecule has 0 bridgehead atoms. The molecule has 8 aromatic carbocycles. The van der Waals surface area contributed by atoms with E-state index in [1.807, 2.05) is 0 Å². The number of hydrogen-bond acceptors (Lipinski definition) is 1. The minimum absolute atomic E-state index is 0.0323. The molecule has 11 rings (SSSR count). The smallest absolute Gasteiger partial charge is 0.333 e. The molecule has 3 heteroatoms. The van der Waals surface area contributed by atoms with E-state index >= 15 is 0 Å². The van der Waals surface area contributed by atoms with E-state index in [9.17, 15) is 0 Å². The molecule has 0 unspecified atom stereocenters. The van der Waals surface area contributed by atoms with Crippen LogP contribution in [0.1, 0.15) is 79.0 Å². The quantitative estimate of drug-likeness (QED) is 0.161. The predicted octanol–water partition coefficient (Wildman–Crippen LogP) is 15.1. The summed E-state index contributed by atoms with van der Waals surface area (Å²) in [7, 11) is 0. The molecule has 0 saturated heterocycles. The van der Waals surface area contributed by atoms with Crippen LogP contribution in [0.15, 0.2) is 170 Å². The topological polar surface area (TPSA) is 8.17 Å². The van der Waals surface area contributed by atoms with Crippen molar-refractivity contribution in [2.75, 3.05) is 4.90 Å². The van der Waals surface area contributed by atoms with Gasteiger partial charge in [0, 0.05) is 44.5 Å². The maximum Gasteiger partial charge on any atom is 0.333 e. The van der Waals surface area contributed by atoms with Crippen molar-refractivity contribution in [1.82, 2.24) is 4.48 Å². The highest BCUT2D eigenvalue weighted by Gasteiger charge is 2.46. The van der Waals surface area contributed by atoms with Crippen molar-refractivity contribution >= 4 is 56.5 Å². The van der Waals surface area contributed by atoms with Gasteiger partial charge in [-0.2, -0.15) is 0 Å². The molecule has 0 atom stereocenters. The fourth-order valence-electron chi connectivity index (χ4n) is 10.5. The number of rotatable bonds is 4. The molecule has 63 heavy (non-hydrogen) atoms. The minimum Gasteiger partial charge on any atom is -0.375 e. The Morgan fingerprint density at radius 1 is 0.413 bits per heavy atom. The number of fused-ring (bicyclic) bond motifs is 6. The molecule has 0 amide bonds. The normalized spacial score (nSPS) is 13.4. The zero-order valence-corrected chi connectivity index (χ0v) is 38.1. The maximum atomic E-state index is 2.76. The summed E-state index contributed by atoms with van der Waals surface area (Å²) in [6, 6.07) is 64.6. The maximum absolute atomic E-state index is 2.76. The summed E-state index contributed by atoms with van der Waals surface area (Å²) in [4.78, 5) is 2.63. The van der Waals surface area contributed by atoms with Gasteiger partial charge in [0.25, 0.3) is 0 Å². The van der Waals surface area contributed by atoms with Gasteiger partial charge in [0.2, 0.25) is 0 Å². The molecule has 2 aliphatic rings. The van der Waals surface area contributed by atoms with Crippen molar-refractivity contribution in [3.63, 3.8) is 0 Å². The fraction of sp³-hybridized carbons (Fsp3) is 0.200. The van der Waals surface area contributed by atoms with Crippen molar-refractivity contribution in [3.8, 4) is 44.6 Å². The molecule has 0 N–H and O–H groups in total. The Bertz CT molecular complexity index is 3250. The highest BCUT2D eigenvalue weighted by atomic mass is 15.2. The molecule has 9 aromatic rings. The van der Waals surface area contributed by atoms with Gasteiger partial charge in [0.05, 0.1) is 5.69 Å². The average molecular weight is 815 g/mol. The summed E-state index contributed by atoms with van der Waals surface area (Å²) in [6.07, 6.45) is 0. The van der Waals surface area contributed by atoms with Crippen molar-refractivity contribution in [3.05, 3.63) is 187 Å². The molecule has 0 saturated carbocycles. The molecule has 0 fully saturated rings. The summed E-state index contributed by atoms with van der Waals surface area (Å²) in [5.74, 6) is 0. The van der Waals surface area contributed by atoms with E-state index in [4.69, 9.17) is 0 Å². The lowest BCUT2D eigenvalue weighted by molar-refractivity contribution is 0.589. The Hall–Kier alpha value is -6.58. The molecule has 0 radical (unpaired) electrons. The number of hydrogen-bond donors (Lipinski definition) is 0. The van der Waals surface area contributed by atoms with Gasteiger partial charge in [-0.05, 0) is 107 Å². The van der Waals surface area contributed by atoms with Gasteiger partial charge in [-0.25, -0.2) is 0 Å². The van der Waals surface area contributed by atoms with Crippen LogP contribution in [0.25, 0.3) is 66.3 Å². The van der Waals surface area contributed by atoms with Gasteiger partial charge in [0.1, 0.15) is 0 Å². The van der Waals surface area contributed by atoms with Crippen LogP contribution >= 0.6 is 0 Å². The van der Waals surface area contributed by atoms with E-state index in [0.29, 0.717) is 0 Å². The second-order valence-electron chi connectivity index (χ2n) is 21.0.